The zero-order valence-corrected chi connectivity index (χ0v) is 19.5. The molecule has 30 heavy (non-hydrogen) atoms. The van der Waals surface area contributed by atoms with E-state index in [-0.39, 0.29) is 17.1 Å². The van der Waals surface area contributed by atoms with Gasteiger partial charge in [0.15, 0.2) is 0 Å². The van der Waals surface area contributed by atoms with Crippen molar-refractivity contribution in [1.29, 1.82) is 0 Å². The average Bonchev–Trinajstić information content (AvgIpc) is 2.57. The minimum absolute atomic E-state index is 0.00318. The van der Waals surface area contributed by atoms with E-state index in [1.807, 2.05) is 20.8 Å². The molecule has 0 aliphatic carbocycles. The fourth-order valence-corrected chi connectivity index (χ4v) is 2.94. The van der Waals surface area contributed by atoms with Crippen molar-refractivity contribution in [1.82, 2.24) is 15.5 Å². The number of thiol groups is 1. The van der Waals surface area contributed by atoms with Gasteiger partial charge >= 0.3 is 6.09 Å². The zero-order chi connectivity index (χ0) is 23.3. The maximum atomic E-state index is 13.1. The van der Waals surface area contributed by atoms with Crippen LogP contribution in [0.4, 0.5) is 4.79 Å². The van der Waals surface area contributed by atoms with Gasteiger partial charge in [-0.3, -0.25) is 9.59 Å². The number of alkyl carbamates (subject to hydrolysis) is 1. The molecule has 2 atom stereocenters. The van der Waals surface area contributed by atoms with Crippen molar-refractivity contribution in [3.8, 4) is 5.75 Å². The van der Waals surface area contributed by atoms with Gasteiger partial charge in [0.05, 0.1) is 0 Å². The van der Waals surface area contributed by atoms with Crippen molar-refractivity contribution in [2.75, 3.05) is 12.8 Å². The standard InChI is InChI=1S/C21H33N3O5S/c1-20(2,3)23-17(26)16(13-10-8-9-11-15(13)25)24(7)18(27)14(12-30)22-19(28)29-21(4,5)6/h8-11,14,16,25,30H,12H2,1-7H3,(H,22,28)(H,23,26). The Bertz CT molecular complexity index is 771. The average molecular weight is 440 g/mol. The molecular weight excluding hydrogens is 406 g/mol. The third-order valence-electron chi connectivity index (χ3n) is 3.88. The van der Waals surface area contributed by atoms with Crippen LogP contribution in [-0.2, 0) is 14.3 Å². The van der Waals surface area contributed by atoms with E-state index in [9.17, 15) is 19.5 Å². The number of phenols is 1. The summed E-state index contributed by atoms with van der Waals surface area (Å²) < 4.78 is 5.20. The highest BCUT2D eigenvalue weighted by Gasteiger charge is 2.35. The number of hydrogen-bond acceptors (Lipinski definition) is 6. The van der Waals surface area contributed by atoms with Gasteiger partial charge in [-0.05, 0) is 47.6 Å². The number of phenolic OH excluding ortho intramolecular Hbond substituents is 1. The normalized spacial score (nSPS) is 13.7. The monoisotopic (exact) mass is 439 g/mol. The first-order chi connectivity index (χ1) is 13.7. The lowest BCUT2D eigenvalue weighted by molar-refractivity contribution is -0.141. The third kappa shape index (κ3) is 7.78. The summed E-state index contributed by atoms with van der Waals surface area (Å²) in [6.45, 7) is 10.6. The number of aromatic hydroxyl groups is 1. The van der Waals surface area contributed by atoms with Gasteiger partial charge in [0, 0.05) is 23.9 Å². The van der Waals surface area contributed by atoms with Crippen LogP contribution in [0.5, 0.6) is 5.75 Å². The smallest absolute Gasteiger partial charge is 0.408 e. The number of amides is 3. The molecule has 0 heterocycles. The summed E-state index contributed by atoms with van der Waals surface area (Å²) in [7, 11) is 1.44. The molecule has 0 radical (unpaired) electrons. The number of rotatable bonds is 6. The Kier molecular flexibility index (Phi) is 8.59. The number of carbonyl (C=O) groups is 3. The number of likely N-dealkylation sites (N-methyl/N-ethyl adjacent to an activating group) is 1. The van der Waals surface area contributed by atoms with Gasteiger partial charge in [0.25, 0.3) is 0 Å². The first kappa shape index (κ1) is 25.6. The molecule has 0 saturated carbocycles. The molecule has 0 aromatic heterocycles. The second-order valence-corrected chi connectivity index (χ2v) is 9.40. The minimum atomic E-state index is -1.11. The maximum absolute atomic E-state index is 13.1. The van der Waals surface area contributed by atoms with E-state index in [4.69, 9.17) is 4.74 Å². The Morgan fingerprint density at radius 2 is 1.70 bits per heavy atom. The first-order valence-corrected chi connectivity index (χ1v) is 10.3. The summed E-state index contributed by atoms with van der Waals surface area (Å²) in [6.07, 6.45) is -0.762. The van der Waals surface area contributed by atoms with E-state index in [2.05, 4.69) is 23.3 Å². The molecule has 3 N–H and O–H groups in total. The molecule has 0 fully saturated rings. The second kappa shape index (κ2) is 10.1. The van der Waals surface area contributed by atoms with E-state index in [1.54, 1.807) is 39.0 Å². The van der Waals surface area contributed by atoms with Gasteiger partial charge in [-0.25, -0.2) is 4.79 Å². The number of nitrogens with one attached hydrogen (secondary N) is 2. The number of hydrogen-bond donors (Lipinski definition) is 4. The lowest BCUT2D eigenvalue weighted by Gasteiger charge is -2.33. The predicted molar refractivity (Wildman–Crippen MR) is 119 cm³/mol. The molecule has 1 aromatic carbocycles. The van der Waals surface area contributed by atoms with Crippen LogP contribution in [0.1, 0.15) is 53.1 Å². The van der Waals surface area contributed by atoms with Gasteiger partial charge in [-0.15, -0.1) is 0 Å². The molecule has 0 bridgehead atoms. The maximum Gasteiger partial charge on any atom is 0.408 e. The fourth-order valence-electron chi connectivity index (χ4n) is 2.69. The highest BCUT2D eigenvalue weighted by atomic mass is 32.1. The Morgan fingerprint density at radius 1 is 1.13 bits per heavy atom. The van der Waals surface area contributed by atoms with E-state index in [0.29, 0.717) is 0 Å². The topological polar surface area (TPSA) is 108 Å². The van der Waals surface area contributed by atoms with Crippen LogP contribution in [-0.4, -0.2) is 57.9 Å². The van der Waals surface area contributed by atoms with Crippen molar-refractivity contribution >= 4 is 30.5 Å². The van der Waals surface area contributed by atoms with Crippen LogP contribution in [0.15, 0.2) is 24.3 Å². The summed E-state index contributed by atoms with van der Waals surface area (Å²) >= 11 is 4.16. The largest absolute Gasteiger partial charge is 0.508 e. The molecule has 0 aliphatic rings. The Hall–Kier alpha value is -2.42. The predicted octanol–water partition coefficient (Wildman–Crippen LogP) is 2.63. The van der Waals surface area contributed by atoms with E-state index in [0.717, 1.165) is 0 Å². The van der Waals surface area contributed by atoms with Gasteiger partial charge < -0.3 is 25.4 Å². The summed E-state index contributed by atoms with van der Waals surface area (Å²) in [5.74, 6) is -1.13. The van der Waals surface area contributed by atoms with E-state index >= 15 is 0 Å². The Labute approximate surface area is 183 Å². The molecule has 0 aliphatic heterocycles. The first-order valence-electron chi connectivity index (χ1n) is 9.63. The SMILES string of the molecule is CN(C(=O)C(CS)NC(=O)OC(C)(C)C)C(C(=O)NC(C)(C)C)c1ccccc1O. The van der Waals surface area contributed by atoms with E-state index < -0.39 is 41.1 Å². The van der Waals surface area contributed by atoms with Gasteiger partial charge in [-0.2, -0.15) is 12.6 Å². The number of carbonyl (C=O) groups excluding carboxylic acids is 3. The van der Waals surface area contributed by atoms with Crippen LogP contribution < -0.4 is 10.6 Å². The van der Waals surface area contributed by atoms with Gasteiger partial charge in [0.1, 0.15) is 23.4 Å². The minimum Gasteiger partial charge on any atom is -0.508 e. The molecule has 8 nitrogen and oxygen atoms in total. The van der Waals surface area contributed by atoms with E-state index in [1.165, 1.54) is 18.0 Å². The molecule has 9 heteroatoms. The van der Waals surface area contributed by atoms with Crippen LogP contribution in [0.25, 0.3) is 0 Å². The van der Waals surface area contributed by atoms with Crippen molar-refractivity contribution in [2.24, 2.45) is 0 Å². The molecular formula is C21H33N3O5S. The van der Waals surface area contributed by atoms with Crippen LogP contribution >= 0.6 is 12.6 Å². The molecule has 0 saturated heterocycles. The van der Waals surface area contributed by atoms with Crippen LogP contribution in [0.3, 0.4) is 0 Å². The lowest BCUT2D eigenvalue weighted by atomic mass is 10.0. The number of ether oxygens (including phenoxy) is 1. The van der Waals surface area contributed by atoms with Crippen LogP contribution in [0.2, 0.25) is 0 Å². The van der Waals surface area contributed by atoms with Crippen molar-refractivity contribution in [3.05, 3.63) is 29.8 Å². The van der Waals surface area contributed by atoms with Crippen molar-refractivity contribution in [2.45, 2.75) is 64.8 Å². The number of nitrogens with zero attached hydrogens (tertiary/aromatic N) is 1. The lowest BCUT2D eigenvalue weighted by Crippen LogP contribution is -2.54. The molecule has 1 aromatic rings. The summed E-state index contributed by atoms with van der Waals surface area (Å²) in [5.41, 5.74) is -1.02. The second-order valence-electron chi connectivity index (χ2n) is 9.03. The fraction of sp³-hybridized carbons (Fsp3) is 0.571. The van der Waals surface area contributed by atoms with Crippen molar-refractivity contribution in [3.63, 3.8) is 0 Å². The zero-order valence-electron chi connectivity index (χ0n) is 18.6. The quantitative estimate of drug-likeness (QED) is 0.510. The number of benzene rings is 1. The Balaban J connectivity index is 3.19. The summed E-state index contributed by atoms with van der Waals surface area (Å²) in [6, 6.07) is 4.17. The Morgan fingerprint density at radius 3 is 2.17 bits per heavy atom. The molecule has 0 spiro atoms. The highest BCUT2D eigenvalue weighted by Crippen LogP contribution is 2.29. The molecule has 3 amide bonds. The summed E-state index contributed by atoms with van der Waals surface area (Å²) in [4.78, 5) is 39.4. The third-order valence-corrected chi connectivity index (χ3v) is 4.25. The van der Waals surface area contributed by atoms with Gasteiger partial charge in [-0.1, -0.05) is 18.2 Å². The van der Waals surface area contributed by atoms with Gasteiger partial charge in [0.2, 0.25) is 11.8 Å². The van der Waals surface area contributed by atoms with Crippen molar-refractivity contribution < 1.29 is 24.2 Å². The molecule has 2 unspecified atom stereocenters. The molecule has 168 valence electrons. The molecule has 1 rings (SSSR count). The van der Waals surface area contributed by atoms with Crippen LogP contribution in [0, 0.1) is 0 Å². The highest BCUT2D eigenvalue weighted by molar-refractivity contribution is 7.80. The number of para-hydroxylation sites is 1. The summed E-state index contributed by atoms with van der Waals surface area (Å²) in [5, 5.41) is 15.6.